The van der Waals surface area contributed by atoms with Crippen LogP contribution in [0.5, 0.6) is 0 Å². The first-order valence-corrected chi connectivity index (χ1v) is 11.5. The number of carbonyl (C=O) groups excluding carboxylic acids is 1. The molecule has 0 radical (unpaired) electrons. The number of aromatic nitrogens is 2. The van der Waals surface area contributed by atoms with E-state index in [2.05, 4.69) is 25.1 Å². The largest absolute Gasteiger partial charge is 0.348 e. The van der Waals surface area contributed by atoms with Crippen molar-refractivity contribution in [2.24, 2.45) is 5.92 Å². The highest BCUT2D eigenvalue weighted by atomic mass is 32.1. The van der Waals surface area contributed by atoms with Crippen LogP contribution in [0.25, 0.3) is 0 Å². The molecule has 2 aliphatic rings. The Kier molecular flexibility index (Phi) is 6.66. The van der Waals surface area contributed by atoms with E-state index in [0.717, 1.165) is 43.3 Å². The standard InChI is InChI=1S/C21H25F4N5OS/c1-13-12-30(7-4-21(13,24)25)15-2-5-29(6-3-15)20-28-11-18(32-20)19(31)27-10-17-16(23)8-14(22)9-26-17/h8-9,11,13,15H,2-7,10,12H2,1H3,(H,27,31)/t13-/m1/s1. The number of anilines is 1. The Morgan fingerprint density at radius 3 is 2.66 bits per heavy atom. The average Bonchev–Trinajstić information content (AvgIpc) is 3.25. The Morgan fingerprint density at radius 2 is 1.97 bits per heavy atom. The third-order valence-electron chi connectivity index (χ3n) is 6.23. The number of nitrogens with zero attached hydrogens (tertiary/aromatic N) is 4. The van der Waals surface area contributed by atoms with Crippen molar-refractivity contribution in [2.75, 3.05) is 31.1 Å². The molecule has 6 nitrogen and oxygen atoms in total. The molecule has 0 aromatic carbocycles. The molecule has 0 bridgehead atoms. The number of hydrogen-bond donors (Lipinski definition) is 1. The van der Waals surface area contributed by atoms with Gasteiger partial charge in [-0.25, -0.2) is 22.5 Å². The lowest BCUT2D eigenvalue weighted by Crippen LogP contribution is -2.52. The number of halogens is 4. The molecule has 2 aliphatic heterocycles. The summed E-state index contributed by atoms with van der Waals surface area (Å²) in [5.41, 5.74) is -0.0450. The molecule has 0 saturated carbocycles. The Morgan fingerprint density at radius 1 is 1.22 bits per heavy atom. The molecule has 1 atom stereocenters. The number of likely N-dealkylation sites (tertiary alicyclic amines) is 1. The van der Waals surface area contributed by atoms with Gasteiger partial charge in [-0.3, -0.25) is 14.7 Å². The lowest BCUT2D eigenvalue weighted by Gasteiger charge is -2.44. The first kappa shape index (κ1) is 22.9. The summed E-state index contributed by atoms with van der Waals surface area (Å²) >= 11 is 1.24. The van der Waals surface area contributed by atoms with Gasteiger partial charge in [0.05, 0.1) is 24.6 Å². The van der Waals surface area contributed by atoms with Crippen LogP contribution in [0.15, 0.2) is 18.5 Å². The summed E-state index contributed by atoms with van der Waals surface area (Å²) in [6, 6.07) is 1.00. The van der Waals surface area contributed by atoms with Crippen molar-refractivity contribution >= 4 is 22.4 Å². The third kappa shape index (κ3) is 5.03. The van der Waals surface area contributed by atoms with Gasteiger partial charge in [0.15, 0.2) is 5.13 Å². The molecule has 2 aromatic heterocycles. The molecular formula is C21H25F4N5OS. The summed E-state index contributed by atoms with van der Waals surface area (Å²) < 4.78 is 54.1. The van der Waals surface area contributed by atoms with Crippen molar-refractivity contribution in [3.63, 3.8) is 0 Å². The smallest absolute Gasteiger partial charge is 0.263 e. The fourth-order valence-electron chi connectivity index (χ4n) is 4.21. The molecule has 2 aromatic rings. The van der Waals surface area contributed by atoms with Gasteiger partial charge in [-0.2, -0.15) is 0 Å². The summed E-state index contributed by atoms with van der Waals surface area (Å²) in [5.74, 6) is -5.20. The molecule has 4 heterocycles. The van der Waals surface area contributed by atoms with Gasteiger partial charge in [-0.1, -0.05) is 18.3 Å². The van der Waals surface area contributed by atoms with Crippen LogP contribution in [-0.2, 0) is 6.54 Å². The van der Waals surface area contributed by atoms with E-state index >= 15 is 0 Å². The molecule has 2 fully saturated rings. The molecule has 0 aliphatic carbocycles. The zero-order chi connectivity index (χ0) is 22.9. The predicted octanol–water partition coefficient (Wildman–Crippen LogP) is 3.69. The fourth-order valence-corrected chi connectivity index (χ4v) is 5.09. The van der Waals surface area contributed by atoms with E-state index in [9.17, 15) is 22.4 Å². The van der Waals surface area contributed by atoms with Gasteiger partial charge in [-0.05, 0) is 12.8 Å². The second-order valence-corrected chi connectivity index (χ2v) is 9.41. The van der Waals surface area contributed by atoms with Crippen molar-refractivity contribution in [1.29, 1.82) is 0 Å². The number of piperidine rings is 2. The quantitative estimate of drug-likeness (QED) is 0.674. The zero-order valence-corrected chi connectivity index (χ0v) is 18.5. The van der Waals surface area contributed by atoms with Crippen LogP contribution >= 0.6 is 11.3 Å². The fraction of sp³-hybridized carbons (Fsp3) is 0.571. The van der Waals surface area contributed by atoms with Crippen molar-refractivity contribution in [3.8, 4) is 0 Å². The van der Waals surface area contributed by atoms with Crippen molar-refractivity contribution in [2.45, 2.75) is 44.7 Å². The highest BCUT2D eigenvalue weighted by molar-refractivity contribution is 7.17. The second-order valence-electron chi connectivity index (χ2n) is 8.40. The van der Waals surface area contributed by atoms with E-state index in [1.54, 1.807) is 6.92 Å². The number of carbonyl (C=O) groups is 1. The van der Waals surface area contributed by atoms with E-state index in [4.69, 9.17) is 0 Å². The first-order valence-electron chi connectivity index (χ1n) is 10.6. The van der Waals surface area contributed by atoms with Crippen LogP contribution in [0.3, 0.4) is 0 Å². The highest BCUT2D eigenvalue weighted by Crippen LogP contribution is 2.35. The van der Waals surface area contributed by atoms with Gasteiger partial charge in [0, 0.05) is 50.6 Å². The minimum atomic E-state index is -2.58. The van der Waals surface area contributed by atoms with Gasteiger partial charge >= 0.3 is 0 Å². The van der Waals surface area contributed by atoms with Gasteiger partial charge in [0.1, 0.15) is 16.5 Å². The lowest BCUT2D eigenvalue weighted by molar-refractivity contribution is -0.107. The average molecular weight is 472 g/mol. The van der Waals surface area contributed by atoms with E-state index in [1.807, 2.05) is 0 Å². The highest BCUT2D eigenvalue weighted by Gasteiger charge is 2.43. The van der Waals surface area contributed by atoms with Crippen molar-refractivity contribution in [1.82, 2.24) is 20.2 Å². The molecule has 0 spiro atoms. The van der Waals surface area contributed by atoms with Gasteiger partial charge < -0.3 is 10.2 Å². The summed E-state index contributed by atoms with van der Waals surface area (Å²) in [4.78, 5) is 25.0. The molecule has 32 heavy (non-hydrogen) atoms. The Labute approximate surface area is 187 Å². The van der Waals surface area contributed by atoms with E-state index in [1.165, 1.54) is 17.5 Å². The Bertz CT molecular complexity index is 963. The van der Waals surface area contributed by atoms with Crippen LogP contribution in [0.4, 0.5) is 22.7 Å². The summed E-state index contributed by atoms with van der Waals surface area (Å²) in [5, 5.41) is 3.29. The number of rotatable bonds is 5. The number of thiazole rings is 1. The Hall–Kier alpha value is -2.27. The lowest BCUT2D eigenvalue weighted by atomic mass is 9.92. The number of pyridine rings is 1. The predicted molar refractivity (Wildman–Crippen MR) is 113 cm³/mol. The number of amides is 1. The minimum Gasteiger partial charge on any atom is -0.348 e. The maximum absolute atomic E-state index is 13.8. The van der Waals surface area contributed by atoms with Crippen molar-refractivity contribution < 1.29 is 22.4 Å². The molecule has 1 amide bonds. The van der Waals surface area contributed by atoms with Crippen LogP contribution in [0, 0.1) is 17.6 Å². The normalized spacial score (nSPS) is 22.2. The molecular weight excluding hydrogens is 446 g/mol. The van der Waals surface area contributed by atoms with E-state index < -0.39 is 29.4 Å². The number of hydrogen-bond acceptors (Lipinski definition) is 6. The molecule has 174 valence electrons. The second kappa shape index (κ2) is 9.30. The third-order valence-corrected chi connectivity index (χ3v) is 7.29. The summed E-state index contributed by atoms with van der Waals surface area (Å²) in [6.07, 6.45) is 4.00. The van der Waals surface area contributed by atoms with Crippen LogP contribution in [-0.4, -0.2) is 58.9 Å². The molecule has 1 N–H and O–H groups in total. The first-order chi connectivity index (χ1) is 15.2. The maximum atomic E-state index is 13.8. The Balaban J connectivity index is 1.28. The minimum absolute atomic E-state index is 0.0450. The van der Waals surface area contributed by atoms with Gasteiger partial charge in [0.2, 0.25) is 0 Å². The SMILES string of the molecule is C[C@@H]1CN(C2CCN(c3ncc(C(=O)NCc4ncc(F)cc4F)s3)CC2)CCC1(F)F. The van der Waals surface area contributed by atoms with Gasteiger partial charge in [-0.15, -0.1) is 0 Å². The van der Waals surface area contributed by atoms with Crippen LogP contribution in [0.2, 0.25) is 0 Å². The van der Waals surface area contributed by atoms with E-state index in [-0.39, 0.29) is 24.7 Å². The molecule has 11 heteroatoms. The van der Waals surface area contributed by atoms with E-state index in [0.29, 0.717) is 18.0 Å². The zero-order valence-electron chi connectivity index (χ0n) is 17.7. The molecule has 2 saturated heterocycles. The van der Waals surface area contributed by atoms with Crippen molar-refractivity contribution in [3.05, 3.63) is 40.7 Å². The summed E-state index contributed by atoms with van der Waals surface area (Å²) in [6.45, 7) is 3.78. The van der Waals surface area contributed by atoms with Gasteiger partial charge in [0.25, 0.3) is 11.8 Å². The molecule has 4 rings (SSSR count). The summed E-state index contributed by atoms with van der Waals surface area (Å²) in [7, 11) is 0. The number of alkyl halides is 2. The number of nitrogens with one attached hydrogen (secondary N) is 1. The monoisotopic (exact) mass is 471 g/mol. The van der Waals surface area contributed by atoms with Crippen LogP contribution < -0.4 is 10.2 Å². The van der Waals surface area contributed by atoms with Crippen LogP contribution in [0.1, 0.15) is 41.6 Å². The topological polar surface area (TPSA) is 61.4 Å². The molecule has 0 unspecified atom stereocenters. The maximum Gasteiger partial charge on any atom is 0.263 e.